The lowest BCUT2D eigenvalue weighted by molar-refractivity contribution is -0.147. The maximum atomic E-state index is 11.9. The van der Waals surface area contributed by atoms with Gasteiger partial charge in [-0.1, -0.05) is 38.5 Å². The summed E-state index contributed by atoms with van der Waals surface area (Å²) in [6.07, 6.45) is 0.697. The zero-order valence-corrected chi connectivity index (χ0v) is 13.9. The largest absolute Gasteiger partial charge is 0.467 e. The van der Waals surface area contributed by atoms with Gasteiger partial charge < -0.3 is 14.8 Å². The lowest BCUT2D eigenvalue weighted by atomic mass is 9.99. The van der Waals surface area contributed by atoms with Gasteiger partial charge in [-0.2, -0.15) is 0 Å². The molecule has 2 atom stereocenters. The minimum atomic E-state index is -0.755. The molecule has 1 amide bonds. The Hall–Kier alpha value is -2.37. The Balaban J connectivity index is 2.60. The van der Waals surface area contributed by atoms with Gasteiger partial charge in [-0.05, 0) is 24.5 Å². The van der Waals surface area contributed by atoms with E-state index < -0.39 is 30.5 Å². The molecule has 23 heavy (non-hydrogen) atoms. The molecule has 0 fully saturated rings. The first-order chi connectivity index (χ1) is 10.9. The second kappa shape index (κ2) is 8.92. The van der Waals surface area contributed by atoms with E-state index in [4.69, 9.17) is 4.74 Å². The summed E-state index contributed by atoms with van der Waals surface area (Å²) in [5.74, 6) is -1.71. The number of aryl methyl sites for hydroxylation is 1. The van der Waals surface area contributed by atoms with Crippen molar-refractivity contribution in [2.24, 2.45) is 5.92 Å². The highest BCUT2D eigenvalue weighted by Gasteiger charge is 2.27. The molecule has 1 aromatic carbocycles. The van der Waals surface area contributed by atoms with Crippen LogP contribution < -0.4 is 5.32 Å². The number of rotatable bonds is 7. The van der Waals surface area contributed by atoms with Crippen LogP contribution in [0.4, 0.5) is 0 Å². The maximum Gasteiger partial charge on any atom is 0.338 e. The third-order valence-electron chi connectivity index (χ3n) is 3.68. The summed E-state index contributed by atoms with van der Waals surface area (Å²) in [6.45, 7) is 5.08. The van der Waals surface area contributed by atoms with Gasteiger partial charge >= 0.3 is 11.9 Å². The van der Waals surface area contributed by atoms with Gasteiger partial charge in [0.1, 0.15) is 6.04 Å². The molecule has 0 heterocycles. The van der Waals surface area contributed by atoms with Crippen LogP contribution in [0.15, 0.2) is 24.3 Å². The van der Waals surface area contributed by atoms with Crippen LogP contribution in [0.2, 0.25) is 0 Å². The molecule has 6 heteroatoms. The van der Waals surface area contributed by atoms with Crippen molar-refractivity contribution in [3.63, 3.8) is 0 Å². The first kappa shape index (κ1) is 18.7. The van der Waals surface area contributed by atoms with Crippen molar-refractivity contribution in [3.05, 3.63) is 35.4 Å². The average molecular weight is 321 g/mol. The predicted octanol–water partition coefficient (Wildman–Crippen LogP) is 1.86. The predicted molar refractivity (Wildman–Crippen MR) is 84.9 cm³/mol. The number of hydrogen-bond donors (Lipinski definition) is 1. The van der Waals surface area contributed by atoms with E-state index in [9.17, 15) is 14.4 Å². The third kappa shape index (κ3) is 5.39. The summed E-state index contributed by atoms with van der Waals surface area (Å²) >= 11 is 0. The number of amides is 1. The fourth-order valence-corrected chi connectivity index (χ4v) is 2.02. The van der Waals surface area contributed by atoms with E-state index in [0.717, 1.165) is 5.56 Å². The number of ether oxygens (including phenoxy) is 2. The lowest BCUT2D eigenvalue weighted by Crippen LogP contribution is -2.47. The molecule has 0 unspecified atom stereocenters. The molecular formula is C17H23NO5. The first-order valence-corrected chi connectivity index (χ1v) is 7.50. The summed E-state index contributed by atoms with van der Waals surface area (Å²) in [7, 11) is 1.27. The van der Waals surface area contributed by atoms with Crippen LogP contribution in [-0.4, -0.2) is 37.6 Å². The number of methoxy groups -OCH3 is 1. The number of nitrogens with one attached hydrogen (secondary N) is 1. The zero-order chi connectivity index (χ0) is 17.4. The summed E-state index contributed by atoms with van der Waals surface area (Å²) in [5, 5.41) is 2.55. The summed E-state index contributed by atoms with van der Waals surface area (Å²) in [6, 6.07) is 6.19. The molecule has 1 rings (SSSR count). The second-order valence-electron chi connectivity index (χ2n) is 5.34. The molecule has 0 spiro atoms. The normalized spacial score (nSPS) is 12.9. The molecule has 0 aliphatic carbocycles. The van der Waals surface area contributed by atoms with Crippen molar-refractivity contribution in [1.82, 2.24) is 5.32 Å². The molecule has 1 aromatic rings. The van der Waals surface area contributed by atoms with Crippen LogP contribution in [-0.2, 0) is 19.1 Å². The SMILES string of the molecule is CC[C@H](C)[C@@H](NC(=O)COC(=O)c1ccccc1C)C(=O)OC. The van der Waals surface area contributed by atoms with Crippen LogP contribution in [0, 0.1) is 12.8 Å². The van der Waals surface area contributed by atoms with Crippen molar-refractivity contribution >= 4 is 17.8 Å². The summed E-state index contributed by atoms with van der Waals surface area (Å²) in [5.41, 5.74) is 1.18. The van der Waals surface area contributed by atoms with Gasteiger partial charge in [0, 0.05) is 0 Å². The third-order valence-corrected chi connectivity index (χ3v) is 3.68. The van der Waals surface area contributed by atoms with Gasteiger partial charge in [-0.25, -0.2) is 9.59 Å². The first-order valence-electron chi connectivity index (χ1n) is 7.50. The number of hydrogen-bond acceptors (Lipinski definition) is 5. The average Bonchev–Trinajstić information content (AvgIpc) is 2.56. The van der Waals surface area contributed by atoms with Crippen molar-refractivity contribution in [3.8, 4) is 0 Å². The van der Waals surface area contributed by atoms with E-state index in [2.05, 4.69) is 10.1 Å². The molecule has 0 saturated heterocycles. The molecule has 0 aromatic heterocycles. The van der Waals surface area contributed by atoms with Crippen LogP contribution in [0.3, 0.4) is 0 Å². The van der Waals surface area contributed by atoms with E-state index in [1.54, 1.807) is 25.1 Å². The van der Waals surface area contributed by atoms with E-state index in [1.807, 2.05) is 19.9 Å². The van der Waals surface area contributed by atoms with E-state index in [0.29, 0.717) is 12.0 Å². The topological polar surface area (TPSA) is 81.7 Å². The fraction of sp³-hybridized carbons (Fsp3) is 0.471. The Kier molecular flexibility index (Phi) is 7.25. The molecule has 6 nitrogen and oxygen atoms in total. The molecular weight excluding hydrogens is 298 g/mol. The van der Waals surface area contributed by atoms with Gasteiger partial charge in [-0.3, -0.25) is 4.79 Å². The molecule has 126 valence electrons. The number of carbonyl (C=O) groups excluding carboxylic acids is 3. The highest BCUT2D eigenvalue weighted by Crippen LogP contribution is 2.10. The van der Waals surface area contributed by atoms with Gasteiger partial charge in [0.05, 0.1) is 12.7 Å². The molecule has 0 aliphatic rings. The molecule has 0 aliphatic heterocycles. The number of esters is 2. The second-order valence-corrected chi connectivity index (χ2v) is 5.34. The number of carbonyl (C=O) groups is 3. The van der Waals surface area contributed by atoms with Crippen molar-refractivity contribution < 1.29 is 23.9 Å². The van der Waals surface area contributed by atoms with Crippen LogP contribution in [0.5, 0.6) is 0 Å². The fourth-order valence-electron chi connectivity index (χ4n) is 2.02. The van der Waals surface area contributed by atoms with Gasteiger partial charge in [0.25, 0.3) is 5.91 Å². The van der Waals surface area contributed by atoms with E-state index in [-0.39, 0.29) is 5.92 Å². The Bertz CT molecular complexity index is 570. The molecule has 0 bridgehead atoms. The zero-order valence-electron chi connectivity index (χ0n) is 13.9. The standard InChI is InChI=1S/C17H23NO5/c1-5-11(2)15(17(21)22-4)18-14(19)10-23-16(20)13-9-7-6-8-12(13)3/h6-9,11,15H,5,10H2,1-4H3,(H,18,19)/t11-,15+/m0/s1. The lowest BCUT2D eigenvalue weighted by Gasteiger charge is -2.21. The van der Waals surface area contributed by atoms with E-state index >= 15 is 0 Å². The number of benzene rings is 1. The highest BCUT2D eigenvalue weighted by molar-refractivity contribution is 5.93. The Labute approximate surface area is 136 Å². The van der Waals surface area contributed by atoms with Gasteiger partial charge in [-0.15, -0.1) is 0 Å². The molecule has 1 N–H and O–H groups in total. The summed E-state index contributed by atoms with van der Waals surface area (Å²) in [4.78, 5) is 35.6. The molecule has 0 saturated carbocycles. The smallest absolute Gasteiger partial charge is 0.338 e. The van der Waals surface area contributed by atoms with Gasteiger partial charge in [0.2, 0.25) is 0 Å². The highest BCUT2D eigenvalue weighted by atomic mass is 16.5. The van der Waals surface area contributed by atoms with E-state index in [1.165, 1.54) is 7.11 Å². The van der Waals surface area contributed by atoms with Crippen molar-refractivity contribution in [2.45, 2.75) is 33.2 Å². The van der Waals surface area contributed by atoms with Crippen LogP contribution in [0.25, 0.3) is 0 Å². The van der Waals surface area contributed by atoms with Crippen molar-refractivity contribution in [2.75, 3.05) is 13.7 Å². The van der Waals surface area contributed by atoms with Crippen LogP contribution >= 0.6 is 0 Å². The Morgan fingerprint density at radius 3 is 2.43 bits per heavy atom. The maximum absolute atomic E-state index is 11.9. The van der Waals surface area contributed by atoms with Crippen LogP contribution in [0.1, 0.15) is 36.2 Å². The summed E-state index contributed by atoms with van der Waals surface area (Å²) < 4.78 is 9.68. The Morgan fingerprint density at radius 1 is 1.22 bits per heavy atom. The minimum Gasteiger partial charge on any atom is -0.467 e. The Morgan fingerprint density at radius 2 is 1.87 bits per heavy atom. The van der Waals surface area contributed by atoms with Gasteiger partial charge in [0.15, 0.2) is 6.61 Å². The minimum absolute atomic E-state index is 0.0848. The quantitative estimate of drug-likeness (QED) is 0.775. The van der Waals surface area contributed by atoms with Crippen molar-refractivity contribution in [1.29, 1.82) is 0 Å². The molecule has 0 radical (unpaired) electrons. The monoisotopic (exact) mass is 321 g/mol.